The molecule has 2 aromatic rings. The molecule has 0 spiro atoms. The van der Waals surface area contributed by atoms with Gasteiger partial charge in [-0.3, -0.25) is 0 Å². The van der Waals surface area contributed by atoms with E-state index in [1.165, 1.54) is 0 Å². The molecule has 1 aromatic heterocycles. The van der Waals surface area contributed by atoms with E-state index in [2.05, 4.69) is 25.8 Å². The van der Waals surface area contributed by atoms with Crippen LogP contribution in [0, 0.1) is 12.9 Å². The van der Waals surface area contributed by atoms with E-state index in [0.717, 1.165) is 16.5 Å². The summed E-state index contributed by atoms with van der Waals surface area (Å²) in [5, 5.41) is 2.01. The van der Waals surface area contributed by atoms with Crippen molar-refractivity contribution in [2.24, 2.45) is 0 Å². The van der Waals surface area contributed by atoms with Gasteiger partial charge in [-0.05, 0) is 12.3 Å². The van der Waals surface area contributed by atoms with Crippen LogP contribution in [0.4, 0.5) is 4.39 Å². The predicted molar refractivity (Wildman–Crippen MR) is 65.1 cm³/mol. The van der Waals surface area contributed by atoms with Gasteiger partial charge in [0.2, 0.25) is 5.95 Å². The fourth-order valence-electron chi connectivity index (χ4n) is 1.94. The average Bonchev–Trinajstić information content (AvgIpc) is 2.22. The molecule has 0 amide bonds. The molecule has 0 saturated heterocycles. The fraction of sp³-hybridized carbons (Fsp3) is 0.357. The maximum absolute atomic E-state index is 13.7. The van der Waals surface area contributed by atoms with Crippen LogP contribution in [0.15, 0.2) is 24.3 Å². The van der Waals surface area contributed by atoms with Crippen LogP contribution in [-0.2, 0) is 5.41 Å². The molecule has 1 heterocycles. The molecule has 0 aliphatic heterocycles. The highest BCUT2D eigenvalue weighted by Gasteiger charge is 2.21. The Kier molecular flexibility index (Phi) is 2.45. The zero-order valence-electron chi connectivity index (χ0n) is 10.1. The second-order valence-electron chi connectivity index (χ2n) is 5.17. The summed E-state index contributed by atoms with van der Waals surface area (Å²) in [4.78, 5) is 4.11. The van der Waals surface area contributed by atoms with Crippen LogP contribution in [0.2, 0.25) is 0 Å². The number of hydrogen-bond donors (Lipinski definition) is 0. The van der Waals surface area contributed by atoms with Crippen molar-refractivity contribution in [1.29, 1.82) is 0 Å². The maximum Gasteiger partial charge on any atom is 0.216 e. The van der Waals surface area contributed by atoms with Crippen LogP contribution in [0.3, 0.4) is 0 Å². The van der Waals surface area contributed by atoms with Gasteiger partial charge in [-0.25, -0.2) is 4.98 Å². The molecule has 1 aromatic carbocycles. The van der Waals surface area contributed by atoms with Gasteiger partial charge in [-0.1, -0.05) is 45.0 Å². The number of hydrogen-bond acceptors (Lipinski definition) is 1. The van der Waals surface area contributed by atoms with Crippen molar-refractivity contribution in [3.05, 3.63) is 41.5 Å². The van der Waals surface area contributed by atoms with Gasteiger partial charge in [-0.2, -0.15) is 4.39 Å². The van der Waals surface area contributed by atoms with E-state index in [0.29, 0.717) is 5.56 Å². The van der Waals surface area contributed by atoms with Crippen molar-refractivity contribution in [3.8, 4) is 0 Å². The van der Waals surface area contributed by atoms with Crippen LogP contribution in [-0.4, -0.2) is 4.98 Å². The number of aryl methyl sites for hydroxylation is 1. The molecule has 0 N–H and O–H groups in total. The molecule has 0 atom stereocenters. The largest absolute Gasteiger partial charge is 0.223 e. The molecule has 2 heteroatoms. The molecule has 2 rings (SSSR count). The second kappa shape index (κ2) is 3.55. The Morgan fingerprint density at radius 3 is 2.19 bits per heavy atom. The number of fused-ring (bicyclic) bond motifs is 1. The molecule has 1 nitrogen and oxygen atoms in total. The van der Waals surface area contributed by atoms with Crippen LogP contribution in [0.25, 0.3) is 10.8 Å². The second-order valence-corrected chi connectivity index (χ2v) is 5.17. The third-order valence-corrected chi connectivity index (χ3v) is 2.82. The van der Waals surface area contributed by atoms with Gasteiger partial charge in [0.25, 0.3) is 0 Å². The van der Waals surface area contributed by atoms with Gasteiger partial charge in [-0.15, -0.1) is 0 Å². The molecule has 0 aliphatic rings. The molecule has 0 unspecified atom stereocenters. The summed E-state index contributed by atoms with van der Waals surface area (Å²) in [5.41, 5.74) is 1.31. The first kappa shape index (κ1) is 11.1. The summed E-state index contributed by atoms with van der Waals surface area (Å²) in [6, 6.07) is 7.86. The highest BCUT2D eigenvalue weighted by molar-refractivity contribution is 5.88. The molecular weight excluding hydrogens is 201 g/mol. The van der Waals surface area contributed by atoms with Crippen molar-refractivity contribution < 1.29 is 4.39 Å². The molecule has 0 bridgehead atoms. The van der Waals surface area contributed by atoms with Crippen LogP contribution >= 0.6 is 0 Å². The SMILES string of the molecule is Cc1c(F)nc(C(C)(C)C)c2ccccc12. The van der Waals surface area contributed by atoms with Crippen LogP contribution in [0.5, 0.6) is 0 Å². The van der Waals surface area contributed by atoms with Crippen molar-refractivity contribution in [3.63, 3.8) is 0 Å². The molecule has 0 saturated carbocycles. The third-order valence-electron chi connectivity index (χ3n) is 2.82. The Bertz CT molecular complexity index is 538. The third kappa shape index (κ3) is 1.69. The average molecular weight is 217 g/mol. The number of pyridine rings is 1. The fourth-order valence-corrected chi connectivity index (χ4v) is 1.94. The smallest absolute Gasteiger partial charge is 0.216 e. The van der Waals surface area contributed by atoms with E-state index >= 15 is 0 Å². The highest BCUT2D eigenvalue weighted by Crippen LogP contribution is 2.30. The van der Waals surface area contributed by atoms with Crippen molar-refractivity contribution in [2.75, 3.05) is 0 Å². The van der Waals surface area contributed by atoms with Gasteiger partial charge >= 0.3 is 0 Å². The Morgan fingerprint density at radius 2 is 1.62 bits per heavy atom. The topological polar surface area (TPSA) is 12.9 Å². The summed E-state index contributed by atoms with van der Waals surface area (Å²) in [5.74, 6) is -0.358. The minimum Gasteiger partial charge on any atom is -0.223 e. The normalized spacial score (nSPS) is 12.1. The minimum atomic E-state index is -0.358. The monoisotopic (exact) mass is 217 g/mol. The summed E-state index contributed by atoms with van der Waals surface area (Å²) in [6.07, 6.45) is 0. The number of nitrogens with zero attached hydrogens (tertiary/aromatic N) is 1. The Morgan fingerprint density at radius 1 is 1.06 bits per heavy atom. The molecular formula is C14H16FN. The lowest BCUT2D eigenvalue weighted by molar-refractivity contribution is 0.525. The van der Waals surface area contributed by atoms with Gasteiger partial charge in [0.05, 0.1) is 5.69 Å². The van der Waals surface area contributed by atoms with Gasteiger partial charge in [0.15, 0.2) is 0 Å². The van der Waals surface area contributed by atoms with Crippen LogP contribution in [0.1, 0.15) is 32.0 Å². The summed E-state index contributed by atoms with van der Waals surface area (Å²) in [7, 11) is 0. The lowest BCUT2D eigenvalue weighted by Gasteiger charge is -2.21. The van der Waals surface area contributed by atoms with Crippen molar-refractivity contribution in [1.82, 2.24) is 4.98 Å². The van der Waals surface area contributed by atoms with Crippen LogP contribution < -0.4 is 0 Å². The van der Waals surface area contributed by atoms with E-state index in [4.69, 9.17) is 0 Å². The van der Waals surface area contributed by atoms with E-state index < -0.39 is 0 Å². The summed E-state index contributed by atoms with van der Waals surface area (Å²) in [6.45, 7) is 7.93. The zero-order chi connectivity index (χ0) is 11.9. The summed E-state index contributed by atoms with van der Waals surface area (Å²) >= 11 is 0. The molecule has 16 heavy (non-hydrogen) atoms. The molecule has 0 fully saturated rings. The standard InChI is InChI=1S/C14H16FN/c1-9-10-7-5-6-8-11(10)12(14(2,3)4)16-13(9)15/h5-8H,1-4H3. The first-order valence-electron chi connectivity index (χ1n) is 5.46. The van der Waals surface area contributed by atoms with Gasteiger partial charge < -0.3 is 0 Å². The van der Waals surface area contributed by atoms with Crippen molar-refractivity contribution >= 4 is 10.8 Å². The number of rotatable bonds is 0. The number of halogens is 1. The van der Waals surface area contributed by atoms with E-state index in [9.17, 15) is 4.39 Å². The zero-order valence-corrected chi connectivity index (χ0v) is 10.1. The highest BCUT2D eigenvalue weighted by atomic mass is 19.1. The number of aromatic nitrogens is 1. The lowest BCUT2D eigenvalue weighted by Crippen LogP contribution is -2.15. The van der Waals surface area contributed by atoms with E-state index in [1.807, 2.05) is 24.3 Å². The quantitative estimate of drug-likeness (QED) is 0.608. The van der Waals surface area contributed by atoms with Gasteiger partial charge in [0.1, 0.15) is 0 Å². The minimum absolute atomic E-state index is 0.145. The Hall–Kier alpha value is -1.44. The maximum atomic E-state index is 13.7. The Labute approximate surface area is 95.3 Å². The molecule has 0 radical (unpaired) electrons. The molecule has 0 aliphatic carbocycles. The Balaban J connectivity index is 2.91. The number of benzene rings is 1. The predicted octanol–water partition coefficient (Wildman–Crippen LogP) is 3.98. The molecule has 84 valence electrons. The van der Waals surface area contributed by atoms with Crippen molar-refractivity contribution in [2.45, 2.75) is 33.1 Å². The lowest BCUT2D eigenvalue weighted by atomic mass is 9.87. The van der Waals surface area contributed by atoms with E-state index in [1.54, 1.807) is 6.92 Å². The summed E-state index contributed by atoms with van der Waals surface area (Å²) < 4.78 is 13.7. The van der Waals surface area contributed by atoms with Gasteiger partial charge in [0, 0.05) is 16.4 Å². The van der Waals surface area contributed by atoms with E-state index in [-0.39, 0.29) is 11.4 Å². The first-order chi connectivity index (χ1) is 7.41. The first-order valence-corrected chi connectivity index (χ1v) is 5.46.